The number of nitrogens with zero attached hydrogens (tertiary/aromatic N) is 3. The fourth-order valence-electron chi connectivity index (χ4n) is 3.18. The topological polar surface area (TPSA) is 67.8 Å². The Labute approximate surface area is 176 Å². The third kappa shape index (κ3) is 5.47. The first-order valence-corrected chi connectivity index (χ1v) is 10.3. The molecule has 0 spiro atoms. The van der Waals surface area contributed by atoms with Crippen LogP contribution in [0.4, 0.5) is 15.9 Å². The van der Waals surface area contributed by atoms with Crippen LogP contribution >= 0.6 is 0 Å². The van der Waals surface area contributed by atoms with Gasteiger partial charge in [-0.3, -0.25) is 9.78 Å². The number of aromatic nitrogens is 3. The summed E-state index contributed by atoms with van der Waals surface area (Å²) in [7, 11) is 0. The quantitative estimate of drug-likeness (QED) is 0.478. The average molecular weight is 407 g/mol. The Bertz CT molecular complexity index is 994. The minimum absolute atomic E-state index is 0.0189. The lowest BCUT2D eigenvalue weighted by atomic mass is 9.91. The lowest BCUT2D eigenvalue weighted by Crippen LogP contribution is -2.16. The van der Waals surface area contributed by atoms with E-state index in [1.54, 1.807) is 24.5 Å². The molecule has 30 heavy (non-hydrogen) atoms. The van der Waals surface area contributed by atoms with Crippen molar-refractivity contribution >= 4 is 17.3 Å². The molecule has 2 unspecified atom stereocenters. The number of ketones is 1. The molecule has 0 aliphatic heterocycles. The summed E-state index contributed by atoms with van der Waals surface area (Å²) in [6, 6.07) is 11.8. The van der Waals surface area contributed by atoms with E-state index in [0.717, 1.165) is 18.4 Å². The van der Waals surface area contributed by atoms with Crippen molar-refractivity contribution in [1.29, 1.82) is 0 Å². The molecule has 3 aromatic rings. The number of hydrogen-bond acceptors (Lipinski definition) is 5. The van der Waals surface area contributed by atoms with Gasteiger partial charge in [0.15, 0.2) is 0 Å². The molecule has 0 amide bonds. The zero-order chi connectivity index (χ0) is 21.5. The van der Waals surface area contributed by atoms with E-state index in [1.807, 2.05) is 39.0 Å². The van der Waals surface area contributed by atoms with E-state index in [2.05, 4.69) is 15.3 Å². The number of rotatable bonds is 9. The van der Waals surface area contributed by atoms with Crippen LogP contribution in [0.1, 0.15) is 51.8 Å². The maximum absolute atomic E-state index is 13.6. The largest absolute Gasteiger partial charge is 0.340 e. The van der Waals surface area contributed by atoms with E-state index in [0.29, 0.717) is 29.4 Å². The SMILES string of the molecule is CCC(C)C(=O)CC(CC)c1nc(Nc2cccc(F)c2)cc(-c2cccnc2)n1. The third-order valence-corrected chi connectivity index (χ3v) is 5.27. The minimum atomic E-state index is -0.327. The van der Waals surface area contributed by atoms with Crippen LogP contribution in [0.15, 0.2) is 54.9 Å². The van der Waals surface area contributed by atoms with Crippen molar-refractivity contribution in [3.8, 4) is 11.3 Å². The highest BCUT2D eigenvalue weighted by Gasteiger charge is 2.21. The van der Waals surface area contributed by atoms with Crippen LogP contribution in [0.25, 0.3) is 11.3 Å². The van der Waals surface area contributed by atoms with Gasteiger partial charge in [0.2, 0.25) is 0 Å². The number of halogens is 1. The first-order valence-electron chi connectivity index (χ1n) is 10.3. The zero-order valence-electron chi connectivity index (χ0n) is 17.6. The lowest BCUT2D eigenvalue weighted by Gasteiger charge is -2.17. The van der Waals surface area contributed by atoms with Gasteiger partial charge in [0, 0.05) is 48.0 Å². The number of benzene rings is 1. The minimum Gasteiger partial charge on any atom is -0.340 e. The molecular formula is C24H27FN4O. The van der Waals surface area contributed by atoms with E-state index in [9.17, 15) is 9.18 Å². The van der Waals surface area contributed by atoms with E-state index < -0.39 is 0 Å². The molecule has 2 atom stereocenters. The van der Waals surface area contributed by atoms with Gasteiger partial charge in [-0.15, -0.1) is 0 Å². The molecule has 6 heteroatoms. The van der Waals surface area contributed by atoms with Crippen molar-refractivity contribution in [3.05, 3.63) is 66.5 Å². The first-order chi connectivity index (χ1) is 14.5. The predicted molar refractivity (Wildman–Crippen MR) is 117 cm³/mol. The second-order valence-electron chi connectivity index (χ2n) is 7.46. The van der Waals surface area contributed by atoms with Gasteiger partial charge in [-0.2, -0.15) is 0 Å². The van der Waals surface area contributed by atoms with Crippen LogP contribution in [-0.4, -0.2) is 20.7 Å². The van der Waals surface area contributed by atoms with Gasteiger partial charge in [0.05, 0.1) is 5.69 Å². The Balaban J connectivity index is 1.99. The number of pyridine rings is 1. The summed E-state index contributed by atoms with van der Waals surface area (Å²) in [5, 5.41) is 3.17. The molecule has 1 aromatic carbocycles. The smallest absolute Gasteiger partial charge is 0.136 e. The molecule has 2 aromatic heterocycles. The summed E-state index contributed by atoms with van der Waals surface area (Å²) in [5.41, 5.74) is 2.16. The Morgan fingerprint density at radius 3 is 2.60 bits per heavy atom. The molecule has 0 fully saturated rings. The molecule has 5 nitrogen and oxygen atoms in total. The average Bonchev–Trinajstić information content (AvgIpc) is 2.77. The van der Waals surface area contributed by atoms with Gasteiger partial charge in [0.25, 0.3) is 0 Å². The molecule has 3 rings (SSSR count). The highest BCUT2D eigenvalue weighted by molar-refractivity contribution is 5.81. The Morgan fingerprint density at radius 1 is 1.10 bits per heavy atom. The van der Waals surface area contributed by atoms with E-state index in [4.69, 9.17) is 4.98 Å². The monoisotopic (exact) mass is 406 g/mol. The second kappa shape index (κ2) is 10.1. The standard InChI is InChI=1S/C24H27FN4O/c1-4-16(3)22(30)12-17(5-2)24-28-21(18-8-7-11-26-15-18)14-23(29-24)27-20-10-6-9-19(25)13-20/h6-11,13-17H,4-5,12H2,1-3H3,(H,27,28,29). The second-order valence-corrected chi connectivity index (χ2v) is 7.46. The number of anilines is 2. The van der Waals surface area contributed by atoms with Gasteiger partial charge in [-0.25, -0.2) is 14.4 Å². The molecular weight excluding hydrogens is 379 g/mol. The van der Waals surface area contributed by atoms with Crippen molar-refractivity contribution in [2.75, 3.05) is 5.32 Å². The summed E-state index contributed by atoms with van der Waals surface area (Å²) < 4.78 is 13.6. The van der Waals surface area contributed by atoms with Crippen LogP contribution in [0.3, 0.4) is 0 Å². The molecule has 156 valence electrons. The Hall–Kier alpha value is -3.15. The van der Waals surface area contributed by atoms with Gasteiger partial charge < -0.3 is 5.32 Å². The van der Waals surface area contributed by atoms with Gasteiger partial charge >= 0.3 is 0 Å². The predicted octanol–water partition coefficient (Wildman–Crippen LogP) is 5.92. The summed E-state index contributed by atoms with van der Waals surface area (Å²) in [4.78, 5) is 26.2. The molecule has 1 N–H and O–H groups in total. The van der Waals surface area contributed by atoms with Crippen LogP contribution in [0, 0.1) is 11.7 Å². The number of carbonyl (C=O) groups excluding carboxylic acids is 1. The maximum Gasteiger partial charge on any atom is 0.136 e. The molecule has 0 radical (unpaired) electrons. The Morgan fingerprint density at radius 2 is 1.93 bits per heavy atom. The number of nitrogens with one attached hydrogen (secondary N) is 1. The molecule has 0 saturated carbocycles. The number of hydrogen-bond donors (Lipinski definition) is 1. The van der Waals surface area contributed by atoms with Gasteiger partial charge in [-0.1, -0.05) is 26.8 Å². The van der Waals surface area contributed by atoms with Crippen molar-refractivity contribution in [2.24, 2.45) is 5.92 Å². The van der Waals surface area contributed by atoms with Gasteiger partial charge in [0.1, 0.15) is 23.2 Å². The highest BCUT2D eigenvalue weighted by atomic mass is 19.1. The van der Waals surface area contributed by atoms with Crippen molar-refractivity contribution in [2.45, 2.75) is 46.0 Å². The van der Waals surface area contributed by atoms with Crippen LogP contribution in [0.5, 0.6) is 0 Å². The summed E-state index contributed by atoms with van der Waals surface area (Å²) in [6.45, 7) is 6.01. The third-order valence-electron chi connectivity index (χ3n) is 5.27. The number of Topliss-reactive ketones (excluding diaryl/α,β-unsaturated/α-hetero) is 1. The summed E-state index contributed by atoms with van der Waals surface area (Å²) in [6.07, 6.45) is 5.41. The van der Waals surface area contributed by atoms with Crippen molar-refractivity contribution in [3.63, 3.8) is 0 Å². The summed E-state index contributed by atoms with van der Waals surface area (Å²) >= 11 is 0. The van der Waals surface area contributed by atoms with E-state index in [-0.39, 0.29) is 23.4 Å². The van der Waals surface area contributed by atoms with Crippen LogP contribution < -0.4 is 5.32 Å². The molecule has 0 aliphatic rings. The molecule has 0 aliphatic carbocycles. The Kier molecular flexibility index (Phi) is 7.22. The first kappa shape index (κ1) is 21.6. The van der Waals surface area contributed by atoms with Crippen molar-refractivity contribution < 1.29 is 9.18 Å². The fraction of sp³-hybridized carbons (Fsp3) is 0.333. The highest BCUT2D eigenvalue weighted by Crippen LogP contribution is 2.28. The molecule has 2 heterocycles. The maximum atomic E-state index is 13.6. The summed E-state index contributed by atoms with van der Waals surface area (Å²) in [5.74, 6) is 0.988. The van der Waals surface area contributed by atoms with E-state index in [1.165, 1.54) is 12.1 Å². The van der Waals surface area contributed by atoms with Crippen LogP contribution in [-0.2, 0) is 4.79 Å². The molecule has 0 bridgehead atoms. The fourth-order valence-corrected chi connectivity index (χ4v) is 3.18. The lowest BCUT2D eigenvalue weighted by molar-refractivity contribution is -0.122. The normalized spacial score (nSPS) is 12.9. The van der Waals surface area contributed by atoms with Crippen LogP contribution in [0.2, 0.25) is 0 Å². The van der Waals surface area contributed by atoms with Gasteiger partial charge in [-0.05, 0) is 43.2 Å². The zero-order valence-corrected chi connectivity index (χ0v) is 17.6. The number of carbonyl (C=O) groups is 1. The van der Waals surface area contributed by atoms with E-state index >= 15 is 0 Å². The van der Waals surface area contributed by atoms with Crippen molar-refractivity contribution in [1.82, 2.24) is 15.0 Å². The molecule has 0 saturated heterocycles.